The van der Waals surface area contributed by atoms with Crippen LogP contribution in [0.25, 0.3) is 0 Å². The summed E-state index contributed by atoms with van der Waals surface area (Å²) in [5, 5.41) is 0.140. The molecule has 1 rings (SSSR count). The van der Waals surface area contributed by atoms with E-state index in [4.69, 9.17) is 11.6 Å². The molecule has 0 N–H and O–H groups in total. The predicted molar refractivity (Wildman–Crippen MR) is 37.8 cm³/mol. The highest BCUT2D eigenvalue weighted by molar-refractivity contribution is 6.44. The Balaban J connectivity index is 2.92. The van der Waals surface area contributed by atoms with E-state index in [0.717, 1.165) is 6.42 Å². The first-order valence-electron chi connectivity index (χ1n) is 3.12. The second-order valence-electron chi connectivity index (χ2n) is 2.23. The van der Waals surface area contributed by atoms with Crippen molar-refractivity contribution in [2.45, 2.75) is 19.3 Å². The SMILES string of the molecule is O=CC1=C(Cl)C(=O)CCC1. The van der Waals surface area contributed by atoms with E-state index in [0.29, 0.717) is 24.7 Å². The molecule has 0 amide bonds. The van der Waals surface area contributed by atoms with Crippen LogP contribution < -0.4 is 0 Å². The molecule has 0 unspecified atom stereocenters. The number of hydrogen-bond acceptors (Lipinski definition) is 2. The molecule has 0 aliphatic heterocycles. The summed E-state index contributed by atoms with van der Waals surface area (Å²) in [5.41, 5.74) is 0.456. The lowest BCUT2D eigenvalue weighted by atomic mass is 9.99. The Labute approximate surface area is 63.9 Å². The van der Waals surface area contributed by atoms with Crippen LogP contribution in [-0.2, 0) is 9.59 Å². The zero-order chi connectivity index (χ0) is 7.56. The molecule has 10 heavy (non-hydrogen) atoms. The van der Waals surface area contributed by atoms with Crippen molar-refractivity contribution in [2.24, 2.45) is 0 Å². The number of halogens is 1. The first-order chi connectivity index (χ1) is 4.75. The Hall–Kier alpha value is -0.630. The van der Waals surface area contributed by atoms with Crippen molar-refractivity contribution in [3.05, 3.63) is 10.6 Å². The molecule has 2 nitrogen and oxygen atoms in total. The smallest absolute Gasteiger partial charge is 0.174 e. The second kappa shape index (κ2) is 2.97. The normalized spacial score (nSPS) is 19.5. The van der Waals surface area contributed by atoms with Crippen molar-refractivity contribution in [2.75, 3.05) is 0 Å². The molecule has 1 aliphatic rings. The number of rotatable bonds is 1. The van der Waals surface area contributed by atoms with Crippen molar-refractivity contribution in [1.82, 2.24) is 0 Å². The Kier molecular flexibility index (Phi) is 2.22. The molecule has 0 aromatic carbocycles. The van der Waals surface area contributed by atoms with Gasteiger partial charge in [-0.3, -0.25) is 9.59 Å². The minimum Gasteiger partial charge on any atom is -0.298 e. The molecule has 0 aromatic rings. The van der Waals surface area contributed by atoms with Crippen molar-refractivity contribution in [1.29, 1.82) is 0 Å². The van der Waals surface area contributed by atoms with E-state index in [1.807, 2.05) is 0 Å². The average Bonchev–Trinajstić information content (AvgIpc) is 1.95. The van der Waals surface area contributed by atoms with Gasteiger partial charge < -0.3 is 0 Å². The summed E-state index contributed by atoms with van der Waals surface area (Å²) < 4.78 is 0. The third-order valence-corrected chi connectivity index (χ3v) is 1.97. The van der Waals surface area contributed by atoms with Gasteiger partial charge in [-0.2, -0.15) is 0 Å². The summed E-state index contributed by atoms with van der Waals surface area (Å²) in [5.74, 6) is -0.102. The summed E-state index contributed by atoms with van der Waals surface area (Å²) in [6.07, 6.45) is 2.55. The molecule has 0 atom stereocenters. The summed E-state index contributed by atoms with van der Waals surface area (Å²) in [4.78, 5) is 21.0. The fourth-order valence-electron chi connectivity index (χ4n) is 0.949. The van der Waals surface area contributed by atoms with E-state index in [1.54, 1.807) is 0 Å². The van der Waals surface area contributed by atoms with Crippen molar-refractivity contribution in [3.8, 4) is 0 Å². The molecule has 0 bridgehead atoms. The van der Waals surface area contributed by atoms with Gasteiger partial charge >= 0.3 is 0 Å². The third kappa shape index (κ3) is 1.27. The lowest BCUT2D eigenvalue weighted by Crippen LogP contribution is -2.07. The van der Waals surface area contributed by atoms with Crippen LogP contribution in [0.3, 0.4) is 0 Å². The molecule has 0 aromatic heterocycles. The molecule has 0 saturated carbocycles. The number of Topliss-reactive ketones (excluding diaryl/α,β-unsaturated/α-hetero) is 1. The van der Waals surface area contributed by atoms with Crippen LogP contribution in [0.2, 0.25) is 0 Å². The summed E-state index contributed by atoms with van der Waals surface area (Å²) >= 11 is 5.53. The molecule has 54 valence electrons. The van der Waals surface area contributed by atoms with E-state index < -0.39 is 0 Å². The van der Waals surface area contributed by atoms with Crippen molar-refractivity contribution >= 4 is 23.7 Å². The highest BCUT2D eigenvalue weighted by Gasteiger charge is 2.17. The van der Waals surface area contributed by atoms with Gasteiger partial charge in [-0.1, -0.05) is 11.6 Å². The topological polar surface area (TPSA) is 34.1 Å². The fourth-order valence-corrected chi connectivity index (χ4v) is 1.18. The zero-order valence-electron chi connectivity index (χ0n) is 5.39. The van der Waals surface area contributed by atoms with E-state index in [9.17, 15) is 9.59 Å². The third-order valence-electron chi connectivity index (χ3n) is 1.52. The highest BCUT2D eigenvalue weighted by atomic mass is 35.5. The van der Waals surface area contributed by atoms with E-state index >= 15 is 0 Å². The zero-order valence-corrected chi connectivity index (χ0v) is 6.15. The summed E-state index contributed by atoms with van der Waals surface area (Å²) in [7, 11) is 0. The van der Waals surface area contributed by atoms with Gasteiger partial charge in [0.15, 0.2) is 5.78 Å². The maximum Gasteiger partial charge on any atom is 0.174 e. The van der Waals surface area contributed by atoms with Gasteiger partial charge in [0.05, 0.1) is 5.03 Å². The van der Waals surface area contributed by atoms with Crippen LogP contribution in [0.5, 0.6) is 0 Å². The fraction of sp³-hybridized carbons (Fsp3) is 0.429. The van der Waals surface area contributed by atoms with Crippen LogP contribution in [0.4, 0.5) is 0 Å². The van der Waals surface area contributed by atoms with Crippen LogP contribution in [0.1, 0.15) is 19.3 Å². The second-order valence-corrected chi connectivity index (χ2v) is 2.61. The number of carbonyl (C=O) groups excluding carboxylic acids is 2. The van der Waals surface area contributed by atoms with Crippen LogP contribution >= 0.6 is 11.6 Å². The van der Waals surface area contributed by atoms with Crippen molar-refractivity contribution < 1.29 is 9.59 Å². The van der Waals surface area contributed by atoms with Gasteiger partial charge in [-0.25, -0.2) is 0 Å². The standard InChI is InChI=1S/C7H7ClO2/c8-7-5(4-9)2-1-3-6(7)10/h4H,1-3H2. The minimum absolute atomic E-state index is 0.102. The van der Waals surface area contributed by atoms with Gasteiger partial charge in [0.1, 0.15) is 6.29 Å². The lowest BCUT2D eigenvalue weighted by molar-refractivity contribution is -0.116. The summed E-state index contributed by atoms with van der Waals surface area (Å²) in [6.45, 7) is 0. The number of allylic oxidation sites excluding steroid dienone is 2. The average molecular weight is 159 g/mol. The van der Waals surface area contributed by atoms with Gasteiger partial charge in [-0.15, -0.1) is 0 Å². The Bertz CT molecular complexity index is 206. The Morgan fingerprint density at radius 2 is 2.10 bits per heavy atom. The molecular formula is C7H7ClO2. The molecule has 0 spiro atoms. The minimum atomic E-state index is -0.102. The van der Waals surface area contributed by atoms with Gasteiger partial charge in [0, 0.05) is 12.0 Å². The number of carbonyl (C=O) groups is 2. The molecular weight excluding hydrogens is 152 g/mol. The molecule has 1 aliphatic carbocycles. The first-order valence-corrected chi connectivity index (χ1v) is 3.50. The highest BCUT2D eigenvalue weighted by Crippen LogP contribution is 2.22. The largest absolute Gasteiger partial charge is 0.298 e. The van der Waals surface area contributed by atoms with Crippen LogP contribution in [0.15, 0.2) is 10.6 Å². The van der Waals surface area contributed by atoms with E-state index in [-0.39, 0.29) is 10.8 Å². The number of aldehydes is 1. The maximum atomic E-state index is 10.8. The van der Waals surface area contributed by atoms with E-state index in [1.165, 1.54) is 0 Å². The quantitative estimate of drug-likeness (QED) is 0.541. The molecule has 0 saturated heterocycles. The van der Waals surface area contributed by atoms with Crippen LogP contribution in [-0.4, -0.2) is 12.1 Å². The molecule has 0 heterocycles. The molecule has 0 radical (unpaired) electrons. The summed E-state index contributed by atoms with van der Waals surface area (Å²) in [6, 6.07) is 0. The Morgan fingerprint density at radius 3 is 2.60 bits per heavy atom. The van der Waals surface area contributed by atoms with Gasteiger partial charge in [0.2, 0.25) is 0 Å². The Morgan fingerprint density at radius 1 is 1.40 bits per heavy atom. The lowest BCUT2D eigenvalue weighted by Gasteiger charge is -2.08. The van der Waals surface area contributed by atoms with Gasteiger partial charge in [0.25, 0.3) is 0 Å². The monoisotopic (exact) mass is 158 g/mol. The maximum absolute atomic E-state index is 10.8. The van der Waals surface area contributed by atoms with Crippen LogP contribution in [0, 0.1) is 0 Å². The molecule has 3 heteroatoms. The molecule has 0 fully saturated rings. The van der Waals surface area contributed by atoms with Crippen molar-refractivity contribution in [3.63, 3.8) is 0 Å². The predicted octanol–water partition coefficient (Wildman–Crippen LogP) is 1.43. The number of hydrogen-bond donors (Lipinski definition) is 0. The van der Waals surface area contributed by atoms with E-state index in [2.05, 4.69) is 0 Å². The number of ketones is 1. The first kappa shape index (κ1) is 7.48. The van der Waals surface area contributed by atoms with Gasteiger partial charge in [-0.05, 0) is 12.8 Å².